The molecule has 1 heteroatoms. The summed E-state index contributed by atoms with van der Waals surface area (Å²) in [6, 6.07) is 12.0. The maximum atomic E-state index is 5.41. The Morgan fingerprint density at radius 2 is 1.27 bits per heavy atom. The van der Waals surface area contributed by atoms with Crippen LogP contribution in [0.2, 0.25) is 0 Å². The fourth-order valence-electron chi connectivity index (χ4n) is 1.36. The minimum absolute atomic E-state index is 0.592. The fraction of sp³-hybridized carbons (Fsp3) is 0.571. The van der Waals surface area contributed by atoms with Crippen LogP contribution in [-0.2, 0) is 0 Å². The molecule has 1 saturated carbocycles. The van der Waals surface area contributed by atoms with Gasteiger partial charge in [0.25, 0.3) is 0 Å². The average molecular weight is 207 g/mol. The minimum atomic E-state index is 0.592. The first-order chi connectivity index (χ1) is 7.17. The molecule has 0 saturated heterocycles. The van der Waals surface area contributed by atoms with Crippen LogP contribution in [-0.4, -0.2) is 6.54 Å². The van der Waals surface area contributed by atoms with Gasteiger partial charge in [-0.15, -0.1) is 0 Å². The summed E-state index contributed by atoms with van der Waals surface area (Å²) in [5, 5.41) is 0. The molecule has 15 heavy (non-hydrogen) atoms. The van der Waals surface area contributed by atoms with Crippen molar-refractivity contribution < 1.29 is 0 Å². The predicted octanol–water partition coefficient (Wildman–Crippen LogP) is 3.70. The molecule has 2 rings (SSSR count). The van der Waals surface area contributed by atoms with Crippen LogP contribution in [0.3, 0.4) is 0 Å². The van der Waals surface area contributed by atoms with Crippen molar-refractivity contribution in [3.63, 3.8) is 0 Å². The smallest absolute Gasteiger partial charge is 0.00436 e. The Kier molecular flexibility index (Phi) is 7.06. The topological polar surface area (TPSA) is 26.0 Å². The van der Waals surface area contributed by atoms with Crippen LogP contribution < -0.4 is 5.73 Å². The molecule has 1 fully saturated rings. The van der Waals surface area contributed by atoms with E-state index in [0.29, 0.717) is 5.41 Å². The summed E-state index contributed by atoms with van der Waals surface area (Å²) in [6.45, 7) is 9.42. The minimum Gasteiger partial charge on any atom is -0.330 e. The first-order valence-electron chi connectivity index (χ1n) is 5.87. The van der Waals surface area contributed by atoms with Crippen molar-refractivity contribution in [1.82, 2.24) is 0 Å². The van der Waals surface area contributed by atoms with E-state index in [4.69, 9.17) is 5.73 Å². The molecule has 1 aromatic carbocycles. The van der Waals surface area contributed by atoms with Crippen LogP contribution in [0.15, 0.2) is 36.4 Å². The van der Waals surface area contributed by atoms with E-state index in [1.165, 1.54) is 6.42 Å². The van der Waals surface area contributed by atoms with Gasteiger partial charge >= 0.3 is 0 Å². The number of hydrogen-bond donors (Lipinski definition) is 1. The molecule has 1 aliphatic rings. The maximum Gasteiger partial charge on any atom is -0.00436 e. The Morgan fingerprint density at radius 3 is 1.33 bits per heavy atom. The van der Waals surface area contributed by atoms with Gasteiger partial charge in [0.2, 0.25) is 0 Å². The van der Waals surface area contributed by atoms with E-state index >= 15 is 0 Å². The highest BCUT2D eigenvalue weighted by Gasteiger charge is 2.43. The number of rotatable bonds is 1. The van der Waals surface area contributed by atoms with Crippen molar-refractivity contribution in [2.24, 2.45) is 17.1 Å². The molecule has 0 amide bonds. The van der Waals surface area contributed by atoms with Gasteiger partial charge in [-0.25, -0.2) is 0 Å². The molecule has 1 aromatic rings. The second kappa shape index (κ2) is 7.47. The molecule has 86 valence electrons. The third kappa shape index (κ3) is 6.29. The van der Waals surface area contributed by atoms with Crippen LogP contribution in [0.1, 0.15) is 34.1 Å². The summed E-state index contributed by atoms with van der Waals surface area (Å²) >= 11 is 0. The molecule has 0 heterocycles. The van der Waals surface area contributed by atoms with Crippen molar-refractivity contribution in [2.75, 3.05) is 6.54 Å². The number of benzene rings is 1. The lowest BCUT2D eigenvalue weighted by molar-refractivity contribution is 0.565. The summed E-state index contributed by atoms with van der Waals surface area (Å²) in [5.74, 6) is 0.826. The lowest BCUT2D eigenvalue weighted by atomic mass is 10.1. The average Bonchev–Trinajstić information content (AvgIpc) is 2.93. The summed E-state index contributed by atoms with van der Waals surface area (Å²) in [5.41, 5.74) is 6.00. The third-order valence-corrected chi connectivity index (χ3v) is 2.67. The van der Waals surface area contributed by atoms with Gasteiger partial charge in [0.1, 0.15) is 0 Å². The maximum absolute atomic E-state index is 5.41. The van der Waals surface area contributed by atoms with Crippen molar-refractivity contribution in [3.8, 4) is 0 Å². The molecule has 0 spiro atoms. The van der Waals surface area contributed by atoms with E-state index in [9.17, 15) is 0 Å². The molecule has 1 aliphatic carbocycles. The SMILES string of the molecule is CC.CC1(C)CC1CN.c1ccccc1. The van der Waals surface area contributed by atoms with Gasteiger partial charge < -0.3 is 5.73 Å². The van der Waals surface area contributed by atoms with E-state index in [1.807, 2.05) is 50.2 Å². The normalized spacial score (nSPS) is 20.2. The standard InChI is InChI=1S/C6H13N.C6H6.C2H6/c1-6(2)3-5(6)4-7;1-2-4-6-5-3-1;1-2/h5H,3-4,7H2,1-2H3;1-6H;1-2H3. The molecule has 0 bridgehead atoms. The predicted molar refractivity (Wildman–Crippen MR) is 68.7 cm³/mol. The molecule has 1 atom stereocenters. The van der Waals surface area contributed by atoms with Crippen molar-refractivity contribution in [3.05, 3.63) is 36.4 Å². The van der Waals surface area contributed by atoms with Crippen molar-refractivity contribution in [2.45, 2.75) is 34.1 Å². The molecule has 1 unspecified atom stereocenters. The lowest BCUT2D eigenvalue weighted by Gasteiger charge is -1.95. The van der Waals surface area contributed by atoms with Gasteiger partial charge in [-0.2, -0.15) is 0 Å². The Hall–Kier alpha value is -0.820. The lowest BCUT2D eigenvalue weighted by Crippen LogP contribution is -2.04. The fourth-order valence-corrected chi connectivity index (χ4v) is 1.36. The second-order valence-electron chi connectivity index (χ2n) is 4.28. The zero-order chi connectivity index (χ0) is 11.7. The highest BCUT2D eigenvalue weighted by molar-refractivity contribution is 4.99. The van der Waals surface area contributed by atoms with E-state index in [-0.39, 0.29) is 0 Å². The summed E-state index contributed by atoms with van der Waals surface area (Å²) < 4.78 is 0. The van der Waals surface area contributed by atoms with Crippen LogP contribution in [0.4, 0.5) is 0 Å². The van der Waals surface area contributed by atoms with Gasteiger partial charge in [0.05, 0.1) is 0 Å². The van der Waals surface area contributed by atoms with Crippen LogP contribution in [0.5, 0.6) is 0 Å². The zero-order valence-corrected chi connectivity index (χ0v) is 10.5. The number of hydrogen-bond acceptors (Lipinski definition) is 1. The Morgan fingerprint density at radius 1 is 1.00 bits per heavy atom. The molecule has 0 aromatic heterocycles. The molecular weight excluding hydrogens is 182 g/mol. The molecular formula is C14H25N. The van der Waals surface area contributed by atoms with E-state index in [0.717, 1.165) is 12.5 Å². The van der Waals surface area contributed by atoms with Gasteiger partial charge in [-0.1, -0.05) is 64.1 Å². The van der Waals surface area contributed by atoms with E-state index in [2.05, 4.69) is 13.8 Å². The first-order valence-corrected chi connectivity index (χ1v) is 5.87. The van der Waals surface area contributed by atoms with Gasteiger partial charge in [0, 0.05) is 0 Å². The number of nitrogens with two attached hydrogens (primary N) is 1. The van der Waals surface area contributed by atoms with Gasteiger partial charge in [0.15, 0.2) is 0 Å². The van der Waals surface area contributed by atoms with Crippen LogP contribution in [0, 0.1) is 11.3 Å². The highest BCUT2D eigenvalue weighted by atomic mass is 14.6. The zero-order valence-electron chi connectivity index (χ0n) is 10.5. The van der Waals surface area contributed by atoms with Gasteiger partial charge in [-0.05, 0) is 24.3 Å². The Labute approximate surface area is 94.7 Å². The van der Waals surface area contributed by atoms with Gasteiger partial charge in [-0.3, -0.25) is 0 Å². The summed E-state index contributed by atoms with van der Waals surface area (Å²) in [6.07, 6.45) is 1.34. The molecule has 0 radical (unpaired) electrons. The van der Waals surface area contributed by atoms with Crippen molar-refractivity contribution in [1.29, 1.82) is 0 Å². The van der Waals surface area contributed by atoms with Crippen LogP contribution >= 0.6 is 0 Å². The Bertz CT molecular complexity index is 202. The molecule has 1 nitrogen and oxygen atoms in total. The highest BCUT2D eigenvalue weighted by Crippen LogP contribution is 2.50. The molecule has 2 N–H and O–H groups in total. The van der Waals surface area contributed by atoms with Crippen molar-refractivity contribution >= 4 is 0 Å². The van der Waals surface area contributed by atoms with E-state index < -0.39 is 0 Å². The quantitative estimate of drug-likeness (QED) is 0.746. The summed E-state index contributed by atoms with van der Waals surface area (Å²) in [7, 11) is 0. The Balaban J connectivity index is 0.000000227. The largest absolute Gasteiger partial charge is 0.330 e. The second-order valence-corrected chi connectivity index (χ2v) is 4.28. The first kappa shape index (κ1) is 14.2. The van der Waals surface area contributed by atoms with Crippen LogP contribution in [0.25, 0.3) is 0 Å². The summed E-state index contributed by atoms with van der Waals surface area (Å²) in [4.78, 5) is 0. The van der Waals surface area contributed by atoms with E-state index in [1.54, 1.807) is 0 Å². The molecule has 0 aliphatic heterocycles. The third-order valence-electron chi connectivity index (χ3n) is 2.67. The monoisotopic (exact) mass is 207 g/mol.